The van der Waals surface area contributed by atoms with Crippen LogP contribution >= 0.6 is 22.9 Å². The van der Waals surface area contributed by atoms with Crippen molar-refractivity contribution in [3.63, 3.8) is 0 Å². The third-order valence-electron chi connectivity index (χ3n) is 3.04. The molecule has 138 valence electrons. The van der Waals surface area contributed by atoms with Crippen LogP contribution in [0.4, 0.5) is 13.2 Å². The molecule has 0 saturated carbocycles. The van der Waals surface area contributed by atoms with E-state index >= 15 is 0 Å². The van der Waals surface area contributed by atoms with E-state index in [0.29, 0.717) is 5.56 Å². The number of aryl methyl sites for hydroxylation is 1. The largest absolute Gasteiger partial charge is 0.534 e. The Morgan fingerprint density at radius 3 is 2.60 bits per heavy atom. The molecule has 6 nitrogen and oxygen atoms in total. The van der Waals surface area contributed by atoms with Crippen molar-refractivity contribution in [1.29, 1.82) is 0 Å². The minimum Gasteiger partial charge on any atom is -0.466 e. The highest BCUT2D eigenvalue weighted by molar-refractivity contribution is 7.88. The molecule has 25 heavy (non-hydrogen) atoms. The molecule has 2 aromatic rings. The minimum absolute atomic E-state index is 0.0114. The van der Waals surface area contributed by atoms with Crippen molar-refractivity contribution in [3.05, 3.63) is 21.7 Å². The summed E-state index contributed by atoms with van der Waals surface area (Å²) in [6, 6.07) is 1.47. The monoisotopic (exact) mass is 417 g/mol. The summed E-state index contributed by atoms with van der Waals surface area (Å²) in [6.07, 6.45) is -0.464. The first-order valence-electron chi connectivity index (χ1n) is 6.71. The van der Waals surface area contributed by atoms with E-state index in [9.17, 15) is 26.4 Å². The van der Waals surface area contributed by atoms with Gasteiger partial charge in [-0.25, -0.2) is 4.98 Å². The second-order valence-corrected chi connectivity index (χ2v) is 7.90. The van der Waals surface area contributed by atoms with Crippen molar-refractivity contribution in [1.82, 2.24) is 4.98 Å². The van der Waals surface area contributed by atoms with E-state index in [1.807, 2.05) is 0 Å². The number of esters is 1. The Morgan fingerprint density at radius 2 is 2.04 bits per heavy atom. The second kappa shape index (κ2) is 6.96. The normalized spacial score (nSPS) is 12.4. The van der Waals surface area contributed by atoms with Crippen molar-refractivity contribution in [2.75, 3.05) is 6.61 Å². The Bertz CT molecular complexity index is 924. The molecule has 1 aromatic carbocycles. The smallest absolute Gasteiger partial charge is 0.466 e. The number of thiazole rings is 1. The fourth-order valence-electron chi connectivity index (χ4n) is 1.99. The lowest BCUT2D eigenvalue weighted by molar-refractivity contribution is -0.142. The van der Waals surface area contributed by atoms with Gasteiger partial charge in [-0.05, 0) is 25.5 Å². The molecule has 0 spiro atoms. The zero-order valence-electron chi connectivity index (χ0n) is 12.8. The summed E-state index contributed by atoms with van der Waals surface area (Å²) >= 11 is 6.50. The summed E-state index contributed by atoms with van der Waals surface area (Å²) < 4.78 is 70.0. The first kappa shape index (κ1) is 19.7. The molecular formula is C13H11ClF3NO5S2. The Kier molecular flexibility index (Phi) is 5.50. The van der Waals surface area contributed by atoms with E-state index in [0.717, 1.165) is 11.3 Å². The maximum Gasteiger partial charge on any atom is 0.534 e. The fraction of sp³-hybridized carbons (Fsp3) is 0.385. The zero-order valence-corrected chi connectivity index (χ0v) is 15.2. The maximum absolute atomic E-state index is 12.7. The van der Waals surface area contributed by atoms with Crippen molar-refractivity contribution in [2.24, 2.45) is 0 Å². The summed E-state index contributed by atoms with van der Waals surface area (Å²) in [5.74, 6) is -1.36. The number of nitrogens with zero attached hydrogens (tertiary/aromatic N) is 1. The average Bonchev–Trinajstić information content (AvgIpc) is 2.81. The van der Waals surface area contributed by atoms with E-state index in [1.54, 1.807) is 6.92 Å². The van der Waals surface area contributed by atoms with Gasteiger partial charge in [0.25, 0.3) is 0 Å². The first-order valence-corrected chi connectivity index (χ1v) is 9.31. The Labute approximate surface area is 149 Å². The van der Waals surface area contributed by atoms with Gasteiger partial charge in [-0.1, -0.05) is 22.9 Å². The van der Waals surface area contributed by atoms with Crippen LogP contribution in [0.3, 0.4) is 0 Å². The number of benzene rings is 1. The molecule has 0 atom stereocenters. The summed E-state index contributed by atoms with van der Waals surface area (Å²) in [4.78, 5) is 15.6. The lowest BCUT2D eigenvalue weighted by Gasteiger charge is -2.15. The van der Waals surface area contributed by atoms with Gasteiger partial charge in [0.15, 0.2) is 10.2 Å². The van der Waals surface area contributed by atoms with Crippen LogP contribution in [-0.4, -0.2) is 31.5 Å². The van der Waals surface area contributed by atoms with Crippen molar-refractivity contribution >= 4 is 49.2 Å². The van der Waals surface area contributed by atoms with E-state index < -0.39 is 33.8 Å². The first-order chi connectivity index (χ1) is 11.5. The number of rotatable bonds is 5. The summed E-state index contributed by atoms with van der Waals surface area (Å²) in [5, 5.41) is 0. The Hall–Kier alpha value is -1.59. The SMILES string of the molecule is CCOC(=O)Cc1c(C)cc2nc(Cl)sc2c1OS(=O)(=O)C(F)(F)F. The van der Waals surface area contributed by atoms with E-state index in [4.69, 9.17) is 16.3 Å². The molecule has 0 radical (unpaired) electrons. The highest BCUT2D eigenvalue weighted by Crippen LogP contribution is 2.40. The third kappa shape index (κ3) is 4.15. The van der Waals surface area contributed by atoms with Crippen molar-refractivity contribution < 1.29 is 35.3 Å². The van der Waals surface area contributed by atoms with Gasteiger partial charge in [0, 0.05) is 5.56 Å². The zero-order chi connectivity index (χ0) is 19.0. The van der Waals surface area contributed by atoms with Gasteiger partial charge in [0.2, 0.25) is 0 Å². The fourth-order valence-corrected chi connectivity index (χ4v) is 3.65. The number of carbonyl (C=O) groups excluding carboxylic acids is 1. The highest BCUT2D eigenvalue weighted by Gasteiger charge is 2.49. The number of halogens is 4. The predicted octanol–water partition coefficient (Wildman–Crippen LogP) is 3.59. The molecule has 0 amide bonds. The molecule has 0 bridgehead atoms. The molecule has 0 aliphatic heterocycles. The van der Waals surface area contributed by atoms with E-state index in [1.165, 1.54) is 13.0 Å². The Balaban J connectivity index is 2.66. The van der Waals surface area contributed by atoms with Gasteiger partial charge in [0.1, 0.15) is 0 Å². The number of aromatic nitrogens is 1. The molecule has 1 heterocycles. The van der Waals surface area contributed by atoms with Crippen LogP contribution in [0.1, 0.15) is 18.1 Å². The number of fused-ring (bicyclic) bond motifs is 1. The average molecular weight is 418 g/mol. The molecule has 0 N–H and O–H groups in total. The molecule has 0 fully saturated rings. The van der Waals surface area contributed by atoms with E-state index in [-0.39, 0.29) is 26.9 Å². The van der Waals surface area contributed by atoms with Gasteiger partial charge >= 0.3 is 21.6 Å². The highest BCUT2D eigenvalue weighted by atomic mass is 35.5. The standard InChI is InChI=1S/C13H11ClF3NO5S2/c1-3-22-9(19)5-7-6(2)4-8-11(24-12(14)18-8)10(7)23-25(20,21)13(15,16)17/h4H,3,5H2,1-2H3. The van der Waals surface area contributed by atoms with Gasteiger partial charge < -0.3 is 8.92 Å². The van der Waals surface area contributed by atoms with Crippen molar-refractivity contribution in [3.8, 4) is 5.75 Å². The van der Waals surface area contributed by atoms with Crippen LogP contribution in [0, 0.1) is 6.92 Å². The topological polar surface area (TPSA) is 82.6 Å². The molecule has 0 aliphatic carbocycles. The maximum atomic E-state index is 12.7. The molecule has 2 rings (SSSR count). The summed E-state index contributed by atoms with van der Waals surface area (Å²) in [5.41, 5.74) is -5.19. The van der Waals surface area contributed by atoms with Gasteiger partial charge in [-0.3, -0.25) is 4.79 Å². The molecule has 12 heteroatoms. The molecule has 0 saturated heterocycles. The lowest BCUT2D eigenvalue weighted by Crippen LogP contribution is -2.28. The lowest BCUT2D eigenvalue weighted by atomic mass is 10.0. The van der Waals surface area contributed by atoms with Crippen LogP contribution < -0.4 is 4.18 Å². The van der Waals surface area contributed by atoms with Crippen LogP contribution in [0.25, 0.3) is 10.2 Å². The number of hydrogen-bond acceptors (Lipinski definition) is 7. The predicted molar refractivity (Wildman–Crippen MR) is 85.3 cm³/mol. The van der Waals surface area contributed by atoms with Crippen molar-refractivity contribution in [2.45, 2.75) is 25.8 Å². The van der Waals surface area contributed by atoms with Gasteiger partial charge in [-0.15, -0.1) is 0 Å². The minimum atomic E-state index is -5.94. The third-order valence-corrected chi connectivity index (χ3v) is 5.17. The van der Waals surface area contributed by atoms with Crippen LogP contribution in [-0.2, 0) is 26.1 Å². The van der Waals surface area contributed by atoms with Crippen LogP contribution in [0.2, 0.25) is 4.47 Å². The number of carbonyl (C=O) groups is 1. The number of alkyl halides is 3. The molecular weight excluding hydrogens is 407 g/mol. The second-order valence-electron chi connectivity index (χ2n) is 4.78. The quantitative estimate of drug-likeness (QED) is 0.420. The van der Waals surface area contributed by atoms with Gasteiger partial charge in [0.05, 0.1) is 23.2 Å². The van der Waals surface area contributed by atoms with Crippen LogP contribution in [0.15, 0.2) is 6.07 Å². The molecule has 0 aliphatic rings. The Morgan fingerprint density at radius 1 is 1.40 bits per heavy atom. The van der Waals surface area contributed by atoms with Gasteiger partial charge in [-0.2, -0.15) is 21.6 Å². The molecule has 1 aromatic heterocycles. The van der Waals surface area contributed by atoms with Crippen LogP contribution in [0.5, 0.6) is 5.75 Å². The number of ether oxygens (including phenoxy) is 1. The molecule has 0 unspecified atom stereocenters. The summed E-state index contributed by atoms with van der Waals surface area (Å²) in [6.45, 7) is 3.10. The number of hydrogen-bond donors (Lipinski definition) is 0. The van der Waals surface area contributed by atoms with E-state index in [2.05, 4.69) is 9.17 Å². The summed E-state index contributed by atoms with van der Waals surface area (Å²) in [7, 11) is -5.94.